The summed E-state index contributed by atoms with van der Waals surface area (Å²) in [6.45, 7) is -0.119. The number of hydrogen-bond acceptors (Lipinski definition) is 4. The predicted octanol–water partition coefficient (Wildman–Crippen LogP) is 1.07. The summed E-state index contributed by atoms with van der Waals surface area (Å²) in [5.41, 5.74) is 1.84. The Hall–Kier alpha value is -3.01. The first-order chi connectivity index (χ1) is 10.7. The molecule has 0 fully saturated rings. The van der Waals surface area contributed by atoms with E-state index in [2.05, 4.69) is 20.4 Å². The van der Waals surface area contributed by atoms with Gasteiger partial charge in [0.05, 0.1) is 13.2 Å². The number of para-hydroxylation sites is 1. The monoisotopic (exact) mass is 300 g/mol. The van der Waals surface area contributed by atoms with Crippen LogP contribution in [0.3, 0.4) is 0 Å². The van der Waals surface area contributed by atoms with Gasteiger partial charge in [0.25, 0.3) is 0 Å². The van der Waals surface area contributed by atoms with Gasteiger partial charge >= 0.3 is 6.09 Å². The summed E-state index contributed by atoms with van der Waals surface area (Å²) in [6.07, 6.45) is 1.39. The SMILES string of the molecule is COC(=O)NC(Cc1c[nH]c2ccccc12)C(=O)NCC#N. The van der Waals surface area contributed by atoms with Gasteiger partial charge in [0, 0.05) is 23.5 Å². The minimum Gasteiger partial charge on any atom is -0.453 e. The molecule has 2 rings (SSSR count). The second kappa shape index (κ2) is 7.13. The van der Waals surface area contributed by atoms with Crippen LogP contribution < -0.4 is 10.6 Å². The molecule has 22 heavy (non-hydrogen) atoms. The molecule has 0 saturated carbocycles. The maximum atomic E-state index is 12.1. The van der Waals surface area contributed by atoms with Crippen LogP contribution in [0.4, 0.5) is 4.79 Å². The van der Waals surface area contributed by atoms with Crippen LogP contribution in [0.1, 0.15) is 5.56 Å². The summed E-state index contributed by atoms with van der Waals surface area (Å²) < 4.78 is 4.54. The number of ether oxygens (including phenoxy) is 1. The molecule has 1 aromatic carbocycles. The van der Waals surface area contributed by atoms with E-state index in [1.807, 2.05) is 30.3 Å². The Balaban J connectivity index is 2.19. The number of nitrogens with one attached hydrogen (secondary N) is 3. The van der Waals surface area contributed by atoms with Crippen molar-refractivity contribution in [3.8, 4) is 6.07 Å². The number of H-pyrrole nitrogens is 1. The first-order valence-corrected chi connectivity index (χ1v) is 6.70. The molecule has 0 aliphatic carbocycles. The summed E-state index contributed by atoms with van der Waals surface area (Å²) in [5, 5.41) is 14.4. The number of benzene rings is 1. The van der Waals surface area contributed by atoms with Gasteiger partial charge in [-0.2, -0.15) is 5.26 Å². The lowest BCUT2D eigenvalue weighted by atomic mass is 10.0. The fraction of sp³-hybridized carbons (Fsp3) is 0.267. The molecule has 0 spiro atoms. The van der Waals surface area contributed by atoms with Gasteiger partial charge in [0.15, 0.2) is 0 Å². The third-order valence-electron chi connectivity index (χ3n) is 3.23. The number of nitrogens with zero attached hydrogens (tertiary/aromatic N) is 1. The number of nitriles is 1. The van der Waals surface area contributed by atoms with Crippen LogP contribution in [0.5, 0.6) is 0 Å². The maximum Gasteiger partial charge on any atom is 0.407 e. The Morgan fingerprint density at radius 2 is 2.18 bits per heavy atom. The predicted molar refractivity (Wildman–Crippen MR) is 80.0 cm³/mol. The van der Waals surface area contributed by atoms with E-state index in [0.29, 0.717) is 0 Å². The van der Waals surface area contributed by atoms with E-state index in [1.54, 1.807) is 6.20 Å². The first-order valence-electron chi connectivity index (χ1n) is 6.70. The largest absolute Gasteiger partial charge is 0.453 e. The van der Waals surface area contributed by atoms with Gasteiger partial charge in [-0.15, -0.1) is 0 Å². The third-order valence-corrected chi connectivity index (χ3v) is 3.23. The van der Waals surface area contributed by atoms with Gasteiger partial charge in [-0.3, -0.25) is 4.79 Å². The number of carbonyl (C=O) groups is 2. The molecule has 114 valence electrons. The minimum absolute atomic E-state index is 0.119. The molecule has 1 unspecified atom stereocenters. The number of alkyl carbamates (subject to hydrolysis) is 1. The zero-order chi connectivity index (χ0) is 15.9. The lowest BCUT2D eigenvalue weighted by molar-refractivity contribution is -0.122. The number of fused-ring (bicyclic) bond motifs is 1. The van der Waals surface area contributed by atoms with Crippen LogP contribution in [-0.4, -0.2) is 36.7 Å². The molecular weight excluding hydrogens is 284 g/mol. The molecule has 0 bridgehead atoms. The Bertz CT molecular complexity index is 717. The molecule has 2 aromatic rings. The van der Waals surface area contributed by atoms with Crippen LogP contribution in [0.15, 0.2) is 30.5 Å². The van der Waals surface area contributed by atoms with Crippen LogP contribution in [0, 0.1) is 11.3 Å². The highest BCUT2D eigenvalue weighted by atomic mass is 16.5. The molecule has 3 N–H and O–H groups in total. The molecule has 0 radical (unpaired) electrons. The molecule has 1 aromatic heterocycles. The molecular formula is C15H16N4O3. The van der Waals surface area contributed by atoms with Gasteiger partial charge in [0.1, 0.15) is 12.6 Å². The van der Waals surface area contributed by atoms with Crippen molar-refractivity contribution in [1.29, 1.82) is 5.26 Å². The molecule has 0 aliphatic rings. The fourth-order valence-electron chi connectivity index (χ4n) is 2.18. The minimum atomic E-state index is -0.819. The van der Waals surface area contributed by atoms with Crippen molar-refractivity contribution in [3.05, 3.63) is 36.0 Å². The topological polar surface area (TPSA) is 107 Å². The van der Waals surface area contributed by atoms with Gasteiger partial charge in [-0.05, 0) is 11.6 Å². The first kappa shape index (κ1) is 15.4. The van der Waals surface area contributed by atoms with E-state index >= 15 is 0 Å². The number of carbonyl (C=O) groups excluding carboxylic acids is 2. The highest BCUT2D eigenvalue weighted by Gasteiger charge is 2.22. The number of aromatic amines is 1. The second-order valence-corrected chi connectivity index (χ2v) is 4.63. The maximum absolute atomic E-state index is 12.1. The number of rotatable bonds is 5. The van der Waals surface area contributed by atoms with E-state index in [1.165, 1.54) is 7.11 Å². The average Bonchev–Trinajstić information content (AvgIpc) is 2.95. The van der Waals surface area contributed by atoms with Gasteiger partial charge in [-0.25, -0.2) is 4.79 Å². The van der Waals surface area contributed by atoms with Gasteiger partial charge < -0.3 is 20.4 Å². The van der Waals surface area contributed by atoms with Gasteiger partial charge in [0.2, 0.25) is 5.91 Å². The highest BCUT2D eigenvalue weighted by Crippen LogP contribution is 2.19. The molecule has 0 aliphatic heterocycles. The van der Waals surface area contributed by atoms with Crippen molar-refractivity contribution in [1.82, 2.24) is 15.6 Å². The quantitative estimate of drug-likeness (QED) is 0.718. The molecule has 1 atom stereocenters. The zero-order valence-corrected chi connectivity index (χ0v) is 12.1. The fourth-order valence-corrected chi connectivity index (χ4v) is 2.18. The van der Waals surface area contributed by atoms with Crippen LogP contribution in [-0.2, 0) is 16.0 Å². The third kappa shape index (κ3) is 3.55. The average molecular weight is 300 g/mol. The van der Waals surface area contributed by atoms with Crippen LogP contribution >= 0.6 is 0 Å². The van der Waals surface area contributed by atoms with E-state index in [-0.39, 0.29) is 13.0 Å². The van der Waals surface area contributed by atoms with Crippen molar-refractivity contribution in [2.75, 3.05) is 13.7 Å². The van der Waals surface area contributed by atoms with Crippen molar-refractivity contribution >= 4 is 22.9 Å². The summed E-state index contributed by atoms with van der Waals surface area (Å²) in [5.74, 6) is -0.433. The second-order valence-electron chi connectivity index (χ2n) is 4.63. The normalized spacial score (nSPS) is 11.5. The Morgan fingerprint density at radius 1 is 1.41 bits per heavy atom. The number of hydrogen-bond donors (Lipinski definition) is 3. The molecule has 0 saturated heterocycles. The Labute approximate surface area is 127 Å². The van der Waals surface area contributed by atoms with Crippen molar-refractivity contribution in [2.45, 2.75) is 12.5 Å². The highest BCUT2D eigenvalue weighted by molar-refractivity contribution is 5.88. The van der Waals surface area contributed by atoms with Crippen LogP contribution in [0.25, 0.3) is 10.9 Å². The zero-order valence-electron chi connectivity index (χ0n) is 12.1. The van der Waals surface area contributed by atoms with E-state index in [0.717, 1.165) is 16.5 Å². The lowest BCUT2D eigenvalue weighted by Crippen LogP contribution is -2.48. The summed E-state index contributed by atoms with van der Waals surface area (Å²) in [7, 11) is 1.23. The smallest absolute Gasteiger partial charge is 0.407 e. The summed E-state index contributed by atoms with van der Waals surface area (Å²) in [6, 6.07) is 8.68. The molecule has 7 nitrogen and oxygen atoms in total. The van der Waals surface area contributed by atoms with Crippen LogP contribution in [0.2, 0.25) is 0 Å². The number of aromatic nitrogens is 1. The van der Waals surface area contributed by atoms with E-state index < -0.39 is 18.0 Å². The molecule has 7 heteroatoms. The van der Waals surface area contributed by atoms with Crippen molar-refractivity contribution < 1.29 is 14.3 Å². The Kier molecular flexibility index (Phi) is 4.98. The van der Waals surface area contributed by atoms with E-state index in [4.69, 9.17) is 5.26 Å². The van der Waals surface area contributed by atoms with Crippen molar-refractivity contribution in [2.24, 2.45) is 0 Å². The number of methoxy groups -OCH3 is 1. The van der Waals surface area contributed by atoms with Crippen molar-refractivity contribution in [3.63, 3.8) is 0 Å². The van der Waals surface area contributed by atoms with Gasteiger partial charge in [-0.1, -0.05) is 18.2 Å². The lowest BCUT2D eigenvalue weighted by Gasteiger charge is -2.16. The van der Waals surface area contributed by atoms with E-state index in [9.17, 15) is 9.59 Å². The summed E-state index contributed by atoms with van der Waals surface area (Å²) >= 11 is 0. The Morgan fingerprint density at radius 3 is 2.91 bits per heavy atom. The molecule has 2 amide bonds. The standard InChI is InChI=1S/C15H16N4O3/c1-22-15(21)19-13(14(20)17-7-6-16)8-10-9-18-12-5-3-2-4-11(10)12/h2-5,9,13,18H,7-8H2,1H3,(H,17,20)(H,19,21). The molecule has 1 heterocycles. The number of amides is 2. The summed E-state index contributed by atoms with van der Waals surface area (Å²) in [4.78, 5) is 26.6.